The van der Waals surface area contributed by atoms with Crippen molar-refractivity contribution in [3.8, 4) is 0 Å². The number of pyridine rings is 1. The van der Waals surface area contributed by atoms with Crippen LogP contribution >= 0.6 is 0 Å². The van der Waals surface area contributed by atoms with E-state index in [1.54, 1.807) is 24.5 Å². The number of carbonyl (C=O) groups is 2. The number of rotatable bonds is 3. The Kier molecular flexibility index (Phi) is 2.86. The Labute approximate surface area is 94.9 Å². The van der Waals surface area contributed by atoms with Crippen molar-refractivity contribution >= 4 is 11.6 Å². The monoisotopic (exact) mass is 217 g/mol. The molecule has 0 radical (unpaired) electrons. The first-order valence-electron chi connectivity index (χ1n) is 5.58. The highest BCUT2D eigenvalue weighted by Gasteiger charge is 2.38. The lowest BCUT2D eigenvalue weighted by Gasteiger charge is -2.20. The van der Waals surface area contributed by atoms with E-state index < -0.39 is 5.41 Å². The van der Waals surface area contributed by atoms with E-state index in [4.69, 9.17) is 0 Å². The van der Waals surface area contributed by atoms with E-state index >= 15 is 0 Å². The second kappa shape index (κ2) is 4.16. The highest BCUT2D eigenvalue weighted by Crippen LogP contribution is 2.38. The van der Waals surface area contributed by atoms with E-state index in [0.29, 0.717) is 18.4 Å². The summed E-state index contributed by atoms with van der Waals surface area (Å²) in [6.45, 7) is 1.90. The standard InChI is InChI=1S/C13H15NO2/c1-13(6-2-3-12(13)16)9-11(15)10-4-7-14-8-5-10/h4-5,7-8H,2-3,6,9H2,1H3/t13-/m0/s1. The summed E-state index contributed by atoms with van der Waals surface area (Å²) < 4.78 is 0. The third-order valence-electron chi connectivity index (χ3n) is 3.36. The molecular formula is C13H15NO2. The second-order valence-corrected chi connectivity index (χ2v) is 4.67. The normalized spacial score (nSPS) is 24.7. The fraction of sp³-hybridized carbons (Fsp3) is 0.462. The summed E-state index contributed by atoms with van der Waals surface area (Å²) >= 11 is 0. The molecule has 0 amide bonds. The van der Waals surface area contributed by atoms with Crippen molar-refractivity contribution in [3.05, 3.63) is 30.1 Å². The molecule has 1 saturated carbocycles. The van der Waals surface area contributed by atoms with Gasteiger partial charge in [0.2, 0.25) is 0 Å². The van der Waals surface area contributed by atoms with Crippen LogP contribution in [0.3, 0.4) is 0 Å². The summed E-state index contributed by atoms with van der Waals surface area (Å²) in [5.41, 5.74) is 0.219. The van der Waals surface area contributed by atoms with E-state index in [-0.39, 0.29) is 11.6 Å². The number of nitrogens with zero attached hydrogens (tertiary/aromatic N) is 1. The summed E-state index contributed by atoms with van der Waals surface area (Å²) in [4.78, 5) is 27.5. The molecule has 0 bridgehead atoms. The molecule has 0 unspecified atom stereocenters. The molecule has 1 aliphatic carbocycles. The third-order valence-corrected chi connectivity index (χ3v) is 3.36. The molecule has 1 aromatic rings. The summed E-state index contributed by atoms with van der Waals surface area (Å²) in [6, 6.07) is 3.40. The average Bonchev–Trinajstić information content (AvgIpc) is 2.60. The molecule has 16 heavy (non-hydrogen) atoms. The third kappa shape index (κ3) is 2.03. The molecule has 1 aromatic heterocycles. The van der Waals surface area contributed by atoms with Crippen LogP contribution < -0.4 is 0 Å². The van der Waals surface area contributed by atoms with E-state index in [1.165, 1.54) is 0 Å². The lowest BCUT2D eigenvalue weighted by atomic mass is 9.81. The van der Waals surface area contributed by atoms with Crippen molar-refractivity contribution in [2.75, 3.05) is 0 Å². The van der Waals surface area contributed by atoms with E-state index in [9.17, 15) is 9.59 Å². The maximum absolute atomic E-state index is 12.0. The molecule has 1 aliphatic rings. The maximum Gasteiger partial charge on any atom is 0.163 e. The maximum atomic E-state index is 12.0. The van der Waals surface area contributed by atoms with Crippen LogP contribution in [-0.2, 0) is 4.79 Å². The van der Waals surface area contributed by atoms with Crippen molar-refractivity contribution in [3.63, 3.8) is 0 Å². The van der Waals surface area contributed by atoms with Gasteiger partial charge in [0.1, 0.15) is 5.78 Å². The van der Waals surface area contributed by atoms with Crippen molar-refractivity contribution in [1.82, 2.24) is 4.98 Å². The number of Topliss-reactive ketones (excluding diaryl/α,β-unsaturated/α-hetero) is 2. The van der Waals surface area contributed by atoms with Crippen LogP contribution in [0.4, 0.5) is 0 Å². The number of aromatic nitrogens is 1. The minimum Gasteiger partial charge on any atom is -0.299 e. The SMILES string of the molecule is C[C@@]1(CC(=O)c2ccncc2)CCCC1=O. The molecule has 0 N–H and O–H groups in total. The van der Waals surface area contributed by atoms with Gasteiger partial charge in [0.05, 0.1) is 0 Å². The first-order valence-corrected chi connectivity index (χ1v) is 5.58. The highest BCUT2D eigenvalue weighted by atomic mass is 16.1. The lowest BCUT2D eigenvalue weighted by Crippen LogP contribution is -2.25. The van der Waals surface area contributed by atoms with Gasteiger partial charge in [-0.25, -0.2) is 0 Å². The van der Waals surface area contributed by atoms with Crippen molar-refractivity contribution in [2.24, 2.45) is 5.41 Å². The van der Waals surface area contributed by atoms with Gasteiger partial charge in [-0.05, 0) is 25.0 Å². The van der Waals surface area contributed by atoms with Crippen LogP contribution in [0.5, 0.6) is 0 Å². The van der Waals surface area contributed by atoms with E-state index in [2.05, 4.69) is 4.98 Å². The molecule has 3 heteroatoms. The smallest absolute Gasteiger partial charge is 0.163 e. The molecule has 3 nitrogen and oxygen atoms in total. The zero-order valence-electron chi connectivity index (χ0n) is 9.40. The quantitative estimate of drug-likeness (QED) is 0.730. The Balaban J connectivity index is 2.11. The van der Waals surface area contributed by atoms with Crippen LogP contribution in [0.1, 0.15) is 43.0 Å². The fourth-order valence-corrected chi connectivity index (χ4v) is 2.26. The number of carbonyl (C=O) groups excluding carboxylic acids is 2. The van der Waals surface area contributed by atoms with Gasteiger partial charge in [0.15, 0.2) is 5.78 Å². The minimum atomic E-state index is -0.430. The van der Waals surface area contributed by atoms with Gasteiger partial charge in [-0.2, -0.15) is 0 Å². The lowest BCUT2D eigenvalue weighted by molar-refractivity contribution is -0.124. The minimum absolute atomic E-state index is 0.0418. The van der Waals surface area contributed by atoms with Gasteiger partial charge in [-0.15, -0.1) is 0 Å². The van der Waals surface area contributed by atoms with Crippen LogP contribution in [-0.4, -0.2) is 16.6 Å². The van der Waals surface area contributed by atoms with Crippen LogP contribution in [0, 0.1) is 5.41 Å². The Morgan fingerprint density at radius 1 is 1.44 bits per heavy atom. The average molecular weight is 217 g/mol. The Morgan fingerprint density at radius 2 is 2.12 bits per heavy atom. The summed E-state index contributed by atoms with van der Waals surface area (Å²) in [5.74, 6) is 0.273. The van der Waals surface area contributed by atoms with Gasteiger partial charge in [0.25, 0.3) is 0 Å². The Bertz CT molecular complexity index is 413. The Morgan fingerprint density at radius 3 is 2.69 bits per heavy atom. The summed E-state index contributed by atoms with van der Waals surface area (Å²) in [6.07, 6.45) is 5.91. The topological polar surface area (TPSA) is 47.0 Å². The van der Waals surface area contributed by atoms with Crippen molar-refractivity contribution in [1.29, 1.82) is 0 Å². The molecule has 1 atom stereocenters. The van der Waals surface area contributed by atoms with Crippen LogP contribution in [0.15, 0.2) is 24.5 Å². The zero-order chi connectivity index (χ0) is 11.6. The molecule has 0 aromatic carbocycles. The van der Waals surface area contributed by atoms with E-state index in [0.717, 1.165) is 12.8 Å². The molecule has 0 spiro atoms. The van der Waals surface area contributed by atoms with Crippen molar-refractivity contribution in [2.45, 2.75) is 32.6 Å². The molecule has 0 aliphatic heterocycles. The van der Waals surface area contributed by atoms with Crippen LogP contribution in [0.2, 0.25) is 0 Å². The molecule has 1 heterocycles. The fourth-order valence-electron chi connectivity index (χ4n) is 2.26. The number of ketones is 2. The van der Waals surface area contributed by atoms with Crippen LogP contribution in [0.25, 0.3) is 0 Å². The molecular weight excluding hydrogens is 202 g/mol. The second-order valence-electron chi connectivity index (χ2n) is 4.67. The largest absolute Gasteiger partial charge is 0.299 e. The van der Waals surface area contributed by atoms with Gasteiger partial charge in [-0.3, -0.25) is 14.6 Å². The summed E-state index contributed by atoms with van der Waals surface area (Å²) in [5, 5.41) is 0. The van der Waals surface area contributed by atoms with Gasteiger partial charge < -0.3 is 0 Å². The highest BCUT2D eigenvalue weighted by molar-refractivity contribution is 6.00. The Hall–Kier alpha value is -1.51. The number of hydrogen-bond donors (Lipinski definition) is 0. The predicted octanol–water partition coefficient (Wildman–Crippen LogP) is 2.41. The van der Waals surface area contributed by atoms with E-state index in [1.807, 2.05) is 6.92 Å². The molecule has 1 fully saturated rings. The van der Waals surface area contributed by atoms with Gasteiger partial charge in [-0.1, -0.05) is 6.92 Å². The molecule has 84 valence electrons. The molecule has 0 saturated heterocycles. The number of hydrogen-bond acceptors (Lipinski definition) is 3. The first kappa shape index (κ1) is 11.0. The van der Waals surface area contributed by atoms with Crippen molar-refractivity contribution < 1.29 is 9.59 Å². The zero-order valence-corrected chi connectivity index (χ0v) is 9.40. The summed E-state index contributed by atoms with van der Waals surface area (Å²) in [7, 11) is 0. The predicted molar refractivity (Wildman–Crippen MR) is 60.1 cm³/mol. The van der Waals surface area contributed by atoms with Gasteiger partial charge in [0, 0.05) is 36.2 Å². The van der Waals surface area contributed by atoms with Gasteiger partial charge >= 0.3 is 0 Å². The first-order chi connectivity index (χ1) is 7.62. The molecule has 2 rings (SSSR count).